The first kappa shape index (κ1) is 17.1. The number of nitrogens with one attached hydrogen (secondary N) is 2. The van der Waals surface area contributed by atoms with Gasteiger partial charge in [0.05, 0.1) is 0 Å². The van der Waals surface area contributed by atoms with Crippen molar-refractivity contribution < 1.29 is 14.3 Å². The average molecular weight is 311 g/mol. The number of carbonyl (C=O) groups excluding carboxylic acids is 2. The van der Waals surface area contributed by atoms with E-state index in [1.165, 1.54) is 0 Å². The zero-order valence-corrected chi connectivity index (χ0v) is 14.0. The number of ether oxygens (including phenoxy) is 1. The Labute approximate surface area is 132 Å². The second kappa shape index (κ2) is 7.31. The van der Waals surface area contributed by atoms with Crippen LogP contribution in [0.5, 0.6) is 0 Å². The van der Waals surface area contributed by atoms with Crippen molar-refractivity contribution in [3.8, 4) is 0 Å². The molecule has 0 aromatic rings. The van der Waals surface area contributed by atoms with Gasteiger partial charge >= 0.3 is 6.09 Å². The first-order valence-corrected chi connectivity index (χ1v) is 8.35. The topological polar surface area (TPSA) is 70.7 Å². The van der Waals surface area contributed by atoms with Gasteiger partial charge in [-0.05, 0) is 65.5 Å². The Hall–Kier alpha value is -1.30. The highest BCUT2D eigenvalue weighted by atomic mass is 16.6. The molecule has 1 atom stereocenters. The van der Waals surface area contributed by atoms with Crippen LogP contribution in [0.15, 0.2) is 0 Å². The monoisotopic (exact) mass is 311 g/mol. The molecule has 0 unspecified atom stereocenters. The van der Waals surface area contributed by atoms with Crippen LogP contribution in [0, 0.1) is 5.92 Å². The zero-order chi connectivity index (χ0) is 16.2. The summed E-state index contributed by atoms with van der Waals surface area (Å²) < 4.78 is 5.40. The summed E-state index contributed by atoms with van der Waals surface area (Å²) in [7, 11) is 0. The molecule has 0 radical (unpaired) electrons. The number of carbonyl (C=O) groups is 2. The van der Waals surface area contributed by atoms with Crippen molar-refractivity contribution in [2.45, 2.75) is 58.1 Å². The van der Waals surface area contributed by atoms with Crippen LogP contribution in [0.2, 0.25) is 0 Å². The predicted molar refractivity (Wildman–Crippen MR) is 84.6 cm³/mol. The maximum atomic E-state index is 12.4. The first-order valence-electron chi connectivity index (χ1n) is 8.35. The fourth-order valence-corrected chi connectivity index (χ4v) is 3.03. The molecule has 2 aliphatic heterocycles. The molecule has 2 aliphatic rings. The van der Waals surface area contributed by atoms with Gasteiger partial charge in [0.1, 0.15) is 11.6 Å². The summed E-state index contributed by atoms with van der Waals surface area (Å²) in [6, 6.07) is -0.378. The van der Waals surface area contributed by atoms with E-state index in [0.29, 0.717) is 19.0 Å². The molecule has 2 amide bonds. The molecule has 22 heavy (non-hydrogen) atoms. The number of amides is 2. The lowest BCUT2D eigenvalue weighted by molar-refractivity contribution is -0.125. The summed E-state index contributed by atoms with van der Waals surface area (Å²) in [5.41, 5.74) is -0.532. The van der Waals surface area contributed by atoms with Gasteiger partial charge in [-0.25, -0.2) is 4.79 Å². The minimum Gasteiger partial charge on any atom is -0.444 e. The quantitative estimate of drug-likeness (QED) is 0.829. The Balaban J connectivity index is 1.83. The van der Waals surface area contributed by atoms with E-state index in [4.69, 9.17) is 4.74 Å². The molecule has 2 N–H and O–H groups in total. The minimum absolute atomic E-state index is 0.0399. The molecule has 126 valence electrons. The van der Waals surface area contributed by atoms with Crippen molar-refractivity contribution in [2.75, 3.05) is 26.2 Å². The molecule has 2 heterocycles. The van der Waals surface area contributed by atoms with E-state index in [1.807, 2.05) is 20.8 Å². The van der Waals surface area contributed by atoms with Crippen LogP contribution in [-0.2, 0) is 9.53 Å². The molecule has 0 spiro atoms. The molecule has 2 fully saturated rings. The van der Waals surface area contributed by atoms with Crippen LogP contribution in [0.4, 0.5) is 4.79 Å². The third-order valence-corrected chi connectivity index (χ3v) is 4.21. The van der Waals surface area contributed by atoms with Crippen LogP contribution in [0.1, 0.15) is 46.5 Å². The highest BCUT2D eigenvalue weighted by Crippen LogP contribution is 2.21. The Morgan fingerprint density at radius 1 is 1.23 bits per heavy atom. The molecule has 2 saturated heterocycles. The summed E-state index contributed by atoms with van der Waals surface area (Å²) in [5.74, 6) is 0.503. The van der Waals surface area contributed by atoms with Gasteiger partial charge in [-0.3, -0.25) is 9.69 Å². The Morgan fingerprint density at radius 2 is 1.91 bits per heavy atom. The van der Waals surface area contributed by atoms with E-state index in [2.05, 4.69) is 10.6 Å². The summed E-state index contributed by atoms with van der Waals surface area (Å²) >= 11 is 0. The van der Waals surface area contributed by atoms with E-state index in [9.17, 15) is 9.59 Å². The summed E-state index contributed by atoms with van der Waals surface area (Å²) in [5, 5.41) is 6.34. The lowest BCUT2D eigenvalue weighted by Gasteiger charge is -2.29. The Bertz CT molecular complexity index is 400. The van der Waals surface area contributed by atoms with Gasteiger partial charge in [-0.1, -0.05) is 0 Å². The minimum atomic E-state index is -0.532. The lowest BCUT2D eigenvalue weighted by atomic mass is 9.98. The second-order valence-electron chi connectivity index (χ2n) is 7.27. The maximum Gasteiger partial charge on any atom is 0.410 e. The molecule has 0 saturated carbocycles. The molecule has 0 aromatic heterocycles. The Kier molecular flexibility index (Phi) is 5.67. The standard InChI is InChI=1S/C16H29N3O3/c1-16(2,3)22-15(21)19-10-4-5-13(19)14(20)18-11-12-6-8-17-9-7-12/h12-13,17H,4-11H2,1-3H3,(H,18,20)/t13-/m0/s1. The number of nitrogens with zero attached hydrogens (tertiary/aromatic N) is 1. The van der Waals surface area contributed by atoms with Gasteiger partial charge in [0.25, 0.3) is 0 Å². The van der Waals surface area contributed by atoms with Crippen LogP contribution in [0.25, 0.3) is 0 Å². The highest BCUT2D eigenvalue weighted by molar-refractivity contribution is 5.86. The number of piperidine rings is 1. The third kappa shape index (κ3) is 4.87. The molecule has 0 bridgehead atoms. The smallest absolute Gasteiger partial charge is 0.410 e. The van der Waals surface area contributed by atoms with Crippen molar-refractivity contribution in [1.82, 2.24) is 15.5 Å². The van der Waals surface area contributed by atoms with Crippen LogP contribution in [-0.4, -0.2) is 54.7 Å². The van der Waals surface area contributed by atoms with Crippen LogP contribution < -0.4 is 10.6 Å². The summed E-state index contributed by atoms with van der Waals surface area (Å²) in [6.45, 7) is 8.87. The lowest BCUT2D eigenvalue weighted by Crippen LogP contribution is -2.48. The van der Waals surface area contributed by atoms with Gasteiger partial charge in [-0.2, -0.15) is 0 Å². The van der Waals surface area contributed by atoms with Crippen molar-refractivity contribution in [3.05, 3.63) is 0 Å². The van der Waals surface area contributed by atoms with Gasteiger partial charge in [-0.15, -0.1) is 0 Å². The number of rotatable bonds is 3. The molecular weight excluding hydrogens is 282 g/mol. The fraction of sp³-hybridized carbons (Fsp3) is 0.875. The van der Waals surface area contributed by atoms with E-state index in [-0.39, 0.29) is 18.0 Å². The molecular formula is C16H29N3O3. The van der Waals surface area contributed by atoms with E-state index >= 15 is 0 Å². The second-order valence-corrected chi connectivity index (χ2v) is 7.27. The van der Waals surface area contributed by atoms with Crippen molar-refractivity contribution in [2.24, 2.45) is 5.92 Å². The van der Waals surface area contributed by atoms with Crippen molar-refractivity contribution in [3.63, 3.8) is 0 Å². The summed E-state index contributed by atoms with van der Waals surface area (Å²) in [6.07, 6.45) is 3.38. The SMILES string of the molecule is CC(C)(C)OC(=O)N1CCC[C@H]1C(=O)NCC1CCNCC1. The van der Waals surface area contributed by atoms with E-state index < -0.39 is 5.60 Å². The highest BCUT2D eigenvalue weighted by Gasteiger charge is 2.36. The molecule has 0 aromatic carbocycles. The largest absolute Gasteiger partial charge is 0.444 e. The number of hydrogen-bond acceptors (Lipinski definition) is 4. The van der Waals surface area contributed by atoms with E-state index in [1.54, 1.807) is 4.90 Å². The van der Waals surface area contributed by atoms with E-state index in [0.717, 1.165) is 38.8 Å². The fourth-order valence-electron chi connectivity index (χ4n) is 3.03. The zero-order valence-electron chi connectivity index (χ0n) is 14.0. The maximum absolute atomic E-state index is 12.4. The van der Waals surface area contributed by atoms with Crippen molar-refractivity contribution in [1.29, 1.82) is 0 Å². The third-order valence-electron chi connectivity index (χ3n) is 4.21. The van der Waals surface area contributed by atoms with Crippen LogP contribution >= 0.6 is 0 Å². The van der Waals surface area contributed by atoms with Gasteiger partial charge < -0.3 is 15.4 Å². The molecule has 6 heteroatoms. The normalized spacial score (nSPS) is 23.4. The number of likely N-dealkylation sites (tertiary alicyclic amines) is 1. The van der Waals surface area contributed by atoms with Gasteiger partial charge in [0, 0.05) is 13.1 Å². The first-order chi connectivity index (χ1) is 10.4. The summed E-state index contributed by atoms with van der Waals surface area (Å²) in [4.78, 5) is 26.2. The number of hydrogen-bond donors (Lipinski definition) is 2. The predicted octanol–water partition coefficient (Wildman–Crippen LogP) is 1.50. The van der Waals surface area contributed by atoms with Crippen LogP contribution in [0.3, 0.4) is 0 Å². The van der Waals surface area contributed by atoms with Gasteiger partial charge in [0.2, 0.25) is 5.91 Å². The average Bonchev–Trinajstić information content (AvgIpc) is 2.93. The Morgan fingerprint density at radius 3 is 2.55 bits per heavy atom. The molecule has 0 aliphatic carbocycles. The van der Waals surface area contributed by atoms with Gasteiger partial charge in [0.15, 0.2) is 0 Å². The molecule has 6 nitrogen and oxygen atoms in total. The molecule has 2 rings (SSSR count). The van der Waals surface area contributed by atoms with Crippen molar-refractivity contribution >= 4 is 12.0 Å².